The zero-order valence-corrected chi connectivity index (χ0v) is 12.8. The second kappa shape index (κ2) is 5.41. The summed E-state index contributed by atoms with van der Waals surface area (Å²) in [4.78, 5) is 14.6. The first kappa shape index (κ1) is 13.8. The van der Waals surface area contributed by atoms with Gasteiger partial charge < -0.3 is 10.2 Å². The summed E-state index contributed by atoms with van der Waals surface area (Å²) in [5.41, 5.74) is 1.49. The summed E-state index contributed by atoms with van der Waals surface area (Å²) in [6.45, 7) is 3.74. The van der Waals surface area contributed by atoms with Crippen LogP contribution in [-0.4, -0.2) is 46.8 Å². The van der Waals surface area contributed by atoms with Gasteiger partial charge in [-0.15, -0.1) is 0 Å². The molecular weight excluding hydrogens is 300 g/mol. The Kier molecular flexibility index (Phi) is 3.39. The molecule has 22 heavy (non-hydrogen) atoms. The number of nitrogens with one attached hydrogen (secondary N) is 1. The lowest BCUT2D eigenvalue weighted by molar-refractivity contribution is 0.0781. The van der Waals surface area contributed by atoms with Gasteiger partial charge in [-0.05, 0) is 30.0 Å². The number of likely N-dealkylation sites (tertiary alicyclic amines) is 1. The lowest BCUT2D eigenvalue weighted by Gasteiger charge is -2.16. The number of halogens is 1. The van der Waals surface area contributed by atoms with Gasteiger partial charge in [0, 0.05) is 37.4 Å². The number of rotatable bonds is 2. The van der Waals surface area contributed by atoms with Crippen LogP contribution in [-0.2, 0) is 0 Å². The Morgan fingerprint density at radius 2 is 2.05 bits per heavy atom. The zero-order chi connectivity index (χ0) is 15.1. The molecule has 0 radical (unpaired) electrons. The molecule has 3 heterocycles. The van der Waals surface area contributed by atoms with Crippen LogP contribution >= 0.6 is 11.6 Å². The van der Waals surface area contributed by atoms with Crippen molar-refractivity contribution >= 4 is 17.5 Å². The molecule has 2 aromatic rings. The van der Waals surface area contributed by atoms with Gasteiger partial charge >= 0.3 is 0 Å². The SMILES string of the molecule is O=C(c1cnn(-c2cccc(Cl)c2)c1)N1C[C@H]2CNC[C@H]2C1. The van der Waals surface area contributed by atoms with Gasteiger partial charge in [0.2, 0.25) is 0 Å². The number of carbonyl (C=O) groups excluding carboxylic acids is 1. The van der Waals surface area contributed by atoms with E-state index in [1.807, 2.05) is 29.2 Å². The molecule has 0 bridgehead atoms. The van der Waals surface area contributed by atoms with Gasteiger partial charge in [-0.1, -0.05) is 17.7 Å². The fourth-order valence-electron chi connectivity index (χ4n) is 3.40. The second-order valence-corrected chi connectivity index (χ2v) is 6.48. The van der Waals surface area contributed by atoms with Gasteiger partial charge in [-0.3, -0.25) is 4.79 Å². The number of fused-ring (bicyclic) bond motifs is 1. The molecule has 0 unspecified atom stereocenters. The van der Waals surface area contributed by atoms with Gasteiger partial charge in [-0.2, -0.15) is 5.10 Å². The smallest absolute Gasteiger partial charge is 0.257 e. The van der Waals surface area contributed by atoms with Crippen LogP contribution in [0.4, 0.5) is 0 Å². The van der Waals surface area contributed by atoms with Crippen molar-refractivity contribution in [1.29, 1.82) is 0 Å². The lowest BCUT2D eigenvalue weighted by Crippen LogP contribution is -2.31. The van der Waals surface area contributed by atoms with Crippen molar-refractivity contribution < 1.29 is 4.79 Å². The van der Waals surface area contributed by atoms with E-state index in [2.05, 4.69) is 10.4 Å². The highest BCUT2D eigenvalue weighted by Crippen LogP contribution is 2.27. The number of benzene rings is 1. The summed E-state index contributed by atoms with van der Waals surface area (Å²) in [5.74, 6) is 1.28. The van der Waals surface area contributed by atoms with E-state index in [0.29, 0.717) is 22.4 Å². The first-order valence-corrected chi connectivity index (χ1v) is 7.89. The highest BCUT2D eigenvalue weighted by molar-refractivity contribution is 6.30. The van der Waals surface area contributed by atoms with E-state index in [0.717, 1.165) is 31.9 Å². The quantitative estimate of drug-likeness (QED) is 0.919. The van der Waals surface area contributed by atoms with Gasteiger partial charge in [0.25, 0.3) is 5.91 Å². The Hall–Kier alpha value is -1.85. The van der Waals surface area contributed by atoms with Crippen molar-refractivity contribution in [2.24, 2.45) is 11.8 Å². The van der Waals surface area contributed by atoms with Crippen molar-refractivity contribution in [2.75, 3.05) is 26.2 Å². The molecule has 1 aromatic carbocycles. The molecule has 2 aliphatic heterocycles. The fourth-order valence-corrected chi connectivity index (χ4v) is 3.58. The maximum absolute atomic E-state index is 12.6. The van der Waals surface area contributed by atoms with Gasteiger partial charge in [-0.25, -0.2) is 4.68 Å². The second-order valence-electron chi connectivity index (χ2n) is 6.04. The van der Waals surface area contributed by atoms with Crippen molar-refractivity contribution in [3.8, 4) is 5.69 Å². The minimum absolute atomic E-state index is 0.0719. The standard InChI is InChI=1S/C16H17ClN4O/c17-14-2-1-3-15(4-14)21-10-13(7-19-21)16(22)20-8-11-5-18-6-12(11)9-20/h1-4,7,10-12,18H,5-6,8-9H2/t11-,12+. The molecule has 0 spiro atoms. The highest BCUT2D eigenvalue weighted by Gasteiger charge is 2.38. The first-order valence-electron chi connectivity index (χ1n) is 7.51. The molecule has 1 amide bonds. The van der Waals surface area contributed by atoms with Gasteiger partial charge in [0.05, 0.1) is 17.4 Å². The average molecular weight is 317 g/mol. The van der Waals surface area contributed by atoms with Gasteiger partial charge in [0.15, 0.2) is 0 Å². The zero-order valence-electron chi connectivity index (χ0n) is 12.1. The summed E-state index contributed by atoms with van der Waals surface area (Å²) in [7, 11) is 0. The largest absolute Gasteiger partial charge is 0.338 e. The molecule has 2 atom stereocenters. The highest BCUT2D eigenvalue weighted by atomic mass is 35.5. The Morgan fingerprint density at radius 3 is 2.77 bits per heavy atom. The fraction of sp³-hybridized carbons (Fsp3) is 0.375. The Labute approximate surface area is 133 Å². The maximum Gasteiger partial charge on any atom is 0.257 e. The van der Waals surface area contributed by atoms with E-state index in [1.54, 1.807) is 17.1 Å². The van der Waals surface area contributed by atoms with Crippen LogP contribution in [0.5, 0.6) is 0 Å². The molecule has 2 saturated heterocycles. The number of hydrogen-bond acceptors (Lipinski definition) is 3. The molecule has 2 aliphatic rings. The Morgan fingerprint density at radius 1 is 1.27 bits per heavy atom. The molecule has 0 saturated carbocycles. The van der Waals surface area contributed by atoms with Crippen LogP contribution in [0, 0.1) is 11.8 Å². The van der Waals surface area contributed by atoms with Crippen LogP contribution in [0.15, 0.2) is 36.7 Å². The van der Waals surface area contributed by atoms with Crippen LogP contribution < -0.4 is 5.32 Å². The third kappa shape index (κ3) is 2.40. The van der Waals surface area contributed by atoms with E-state index in [4.69, 9.17) is 11.6 Å². The average Bonchev–Trinajstić information content (AvgIpc) is 3.22. The van der Waals surface area contributed by atoms with Crippen molar-refractivity contribution in [2.45, 2.75) is 0 Å². The molecule has 1 N–H and O–H groups in total. The monoisotopic (exact) mass is 316 g/mol. The van der Waals surface area contributed by atoms with Crippen molar-refractivity contribution in [3.63, 3.8) is 0 Å². The Balaban J connectivity index is 1.53. The number of hydrogen-bond donors (Lipinski definition) is 1. The third-order valence-corrected chi connectivity index (χ3v) is 4.81. The number of aromatic nitrogens is 2. The summed E-state index contributed by atoms with van der Waals surface area (Å²) in [6.07, 6.45) is 3.41. The Bertz CT molecular complexity index is 702. The van der Waals surface area contributed by atoms with Gasteiger partial charge in [0.1, 0.15) is 0 Å². The topological polar surface area (TPSA) is 50.2 Å². The van der Waals surface area contributed by atoms with Crippen molar-refractivity contribution in [3.05, 3.63) is 47.2 Å². The normalized spacial score (nSPS) is 23.8. The molecule has 0 aliphatic carbocycles. The predicted molar refractivity (Wildman–Crippen MR) is 84.3 cm³/mol. The minimum atomic E-state index is 0.0719. The summed E-state index contributed by atoms with van der Waals surface area (Å²) in [5, 5.41) is 8.33. The lowest BCUT2D eigenvalue weighted by atomic mass is 10.0. The molecule has 1 aromatic heterocycles. The minimum Gasteiger partial charge on any atom is -0.338 e. The van der Waals surface area contributed by atoms with Crippen molar-refractivity contribution in [1.82, 2.24) is 20.0 Å². The predicted octanol–water partition coefficient (Wildman–Crippen LogP) is 1.82. The van der Waals surface area contributed by atoms with Crippen LogP contribution in [0.2, 0.25) is 5.02 Å². The van der Waals surface area contributed by atoms with E-state index >= 15 is 0 Å². The molecule has 2 fully saturated rings. The number of nitrogens with zero attached hydrogens (tertiary/aromatic N) is 3. The maximum atomic E-state index is 12.6. The third-order valence-electron chi connectivity index (χ3n) is 4.58. The molecule has 6 heteroatoms. The molecular formula is C16H17ClN4O. The van der Waals surface area contributed by atoms with Crippen LogP contribution in [0.3, 0.4) is 0 Å². The summed E-state index contributed by atoms with van der Waals surface area (Å²) in [6, 6.07) is 7.43. The van der Waals surface area contributed by atoms with Crippen LogP contribution in [0.25, 0.3) is 5.69 Å². The number of amides is 1. The molecule has 4 rings (SSSR count). The van der Waals surface area contributed by atoms with E-state index < -0.39 is 0 Å². The van der Waals surface area contributed by atoms with E-state index in [9.17, 15) is 4.79 Å². The van der Waals surface area contributed by atoms with E-state index in [1.165, 1.54) is 0 Å². The first-order chi connectivity index (χ1) is 10.7. The molecule has 5 nitrogen and oxygen atoms in total. The van der Waals surface area contributed by atoms with E-state index in [-0.39, 0.29) is 5.91 Å². The number of carbonyl (C=O) groups is 1. The van der Waals surface area contributed by atoms with Crippen LogP contribution in [0.1, 0.15) is 10.4 Å². The molecule has 114 valence electrons. The summed E-state index contributed by atoms with van der Waals surface area (Å²) >= 11 is 6.00. The summed E-state index contributed by atoms with van der Waals surface area (Å²) < 4.78 is 1.69.